The maximum Gasteiger partial charge on any atom is 0.235 e. The molecule has 23 heavy (non-hydrogen) atoms. The highest BCUT2D eigenvalue weighted by Crippen LogP contribution is 2.39. The molecule has 1 amide bonds. The summed E-state index contributed by atoms with van der Waals surface area (Å²) in [5.74, 6) is 0.198. The molecule has 1 aliphatic heterocycles. The van der Waals surface area contributed by atoms with E-state index in [9.17, 15) is 10.1 Å². The summed E-state index contributed by atoms with van der Waals surface area (Å²) in [6, 6.07) is 2.25. The molecule has 3 rings (SSSR count). The van der Waals surface area contributed by atoms with Gasteiger partial charge in [-0.1, -0.05) is 0 Å². The smallest absolute Gasteiger partial charge is 0.235 e. The number of carbonyl (C=O) groups is 1. The zero-order valence-electron chi connectivity index (χ0n) is 13.3. The first-order chi connectivity index (χ1) is 11.1. The summed E-state index contributed by atoms with van der Waals surface area (Å²) < 4.78 is 7.45. The summed E-state index contributed by atoms with van der Waals surface area (Å²) in [6.45, 7) is 4.70. The number of hydrogen-bond donors (Lipinski definition) is 1. The number of nitriles is 1. The molecule has 0 bridgehead atoms. The van der Waals surface area contributed by atoms with Crippen molar-refractivity contribution in [3.63, 3.8) is 0 Å². The maximum absolute atomic E-state index is 12.3. The standard InChI is InChI=1S/C15H22N6O2/c1-15(9-16,12-2-3-12)19-14(22)8-20-4-5-23-13(6-20)7-21-11-17-10-18-21/h10-13H,2-8H2,1H3,(H,19,22)/t13-,15+/m1/s1. The number of nitrogens with one attached hydrogen (secondary N) is 1. The van der Waals surface area contributed by atoms with Crippen LogP contribution in [0.25, 0.3) is 0 Å². The van der Waals surface area contributed by atoms with Crippen LogP contribution in [0.1, 0.15) is 19.8 Å². The Morgan fingerprint density at radius 3 is 3.04 bits per heavy atom. The number of rotatable bonds is 6. The lowest BCUT2D eigenvalue weighted by molar-refractivity contribution is -0.125. The molecule has 2 fully saturated rings. The predicted octanol–water partition coefficient (Wildman–Crippen LogP) is -0.213. The summed E-state index contributed by atoms with van der Waals surface area (Å²) >= 11 is 0. The van der Waals surface area contributed by atoms with Crippen molar-refractivity contribution in [1.29, 1.82) is 5.26 Å². The van der Waals surface area contributed by atoms with Crippen LogP contribution in [0.15, 0.2) is 12.7 Å². The highest BCUT2D eigenvalue weighted by molar-refractivity contribution is 5.79. The average Bonchev–Trinajstić information content (AvgIpc) is 3.27. The van der Waals surface area contributed by atoms with Gasteiger partial charge < -0.3 is 10.1 Å². The third-order valence-electron chi connectivity index (χ3n) is 4.47. The molecule has 1 N–H and O–H groups in total. The lowest BCUT2D eigenvalue weighted by Gasteiger charge is -2.33. The number of aromatic nitrogens is 3. The van der Waals surface area contributed by atoms with Gasteiger partial charge in [-0.25, -0.2) is 4.98 Å². The Hall–Kier alpha value is -1.98. The van der Waals surface area contributed by atoms with Gasteiger partial charge >= 0.3 is 0 Å². The van der Waals surface area contributed by atoms with Crippen LogP contribution in [0.2, 0.25) is 0 Å². The monoisotopic (exact) mass is 318 g/mol. The van der Waals surface area contributed by atoms with Crippen molar-refractivity contribution in [3.05, 3.63) is 12.7 Å². The van der Waals surface area contributed by atoms with E-state index < -0.39 is 5.54 Å². The van der Waals surface area contributed by atoms with E-state index in [2.05, 4.69) is 26.4 Å². The van der Waals surface area contributed by atoms with Crippen LogP contribution in [0.4, 0.5) is 0 Å². The number of hydrogen-bond acceptors (Lipinski definition) is 6. The molecule has 0 aromatic carbocycles. The topological polar surface area (TPSA) is 96.1 Å². The van der Waals surface area contributed by atoms with Crippen molar-refractivity contribution >= 4 is 5.91 Å². The fourth-order valence-electron chi connectivity index (χ4n) is 2.98. The molecule has 8 heteroatoms. The van der Waals surface area contributed by atoms with E-state index in [0.29, 0.717) is 38.7 Å². The fourth-order valence-corrected chi connectivity index (χ4v) is 2.98. The van der Waals surface area contributed by atoms with Crippen LogP contribution in [0.3, 0.4) is 0 Å². The molecule has 1 saturated carbocycles. The number of amides is 1. The largest absolute Gasteiger partial charge is 0.374 e. The molecule has 1 aromatic heterocycles. The van der Waals surface area contributed by atoms with Gasteiger partial charge in [-0.3, -0.25) is 14.4 Å². The summed E-state index contributed by atoms with van der Waals surface area (Å²) in [7, 11) is 0. The van der Waals surface area contributed by atoms with Gasteiger partial charge in [0.1, 0.15) is 18.2 Å². The van der Waals surface area contributed by atoms with E-state index in [4.69, 9.17) is 4.74 Å². The van der Waals surface area contributed by atoms with Crippen molar-refractivity contribution < 1.29 is 9.53 Å². The highest BCUT2D eigenvalue weighted by Gasteiger charge is 2.43. The third kappa shape index (κ3) is 4.06. The third-order valence-corrected chi connectivity index (χ3v) is 4.47. The second kappa shape index (κ2) is 6.64. The van der Waals surface area contributed by atoms with Gasteiger partial charge in [0.15, 0.2) is 0 Å². The SMILES string of the molecule is C[C@@](C#N)(NC(=O)CN1CCO[C@@H](Cn2cncn2)C1)C1CC1. The minimum absolute atomic E-state index is 0.0102. The first-order valence-corrected chi connectivity index (χ1v) is 7.98. The molecule has 0 unspecified atom stereocenters. The average molecular weight is 318 g/mol. The van der Waals surface area contributed by atoms with Crippen LogP contribution < -0.4 is 5.32 Å². The Morgan fingerprint density at radius 1 is 1.57 bits per heavy atom. The zero-order valence-corrected chi connectivity index (χ0v) is 13.3. The van der Waals surface area contributed by atoms with Crippen molar-refractivity contribution in [2.75, 3.05) is 26.2 Å². The summed E-state index contributed by atoms with van der Waals surface area (Å²) in [4.78, 5) is 18.2. The molecule has 1 aromatic rings. The highest BCUT2D eigenvalue weighted by atomic mass is 16.5. The maximum atomic E-state index is 12.3. The molecular formula is C15H22N6O2. The molecule has 0 radical (unpaired) electrons. The Balaban J connectivity index is 1.49. The van der Waals surface area contributed by atoms with Crippen molar-refractivity contribution in [1.82, 2.24) is 25.0 Å². The normalized spacial score (nSPS) is 24.6. The Kier molecular flexibility index (Phi) is 4.59. The van der Waals surface area contributed by atoms with Crippen LogP contribution in [0, 0.1) is 17.2 Å². The summed E-state index contributed by atoms with van der Waals surface area (Å²) in [5.41, 5.74) is -0.733. The van der Waals surface area contributed by atoms with E-state index in [0.717, 1.165) is 12.8 Å². The van der Waals surface area contributed by atoms with Gasteiger partial charge in [-0.2, -0.15) is 10.4 Å². The van der Waals surface area contributed by atoms with E-state index >= 15 is 0 Å². The van der Waals surface area contributed by atoms with Crippen LogP contribution in [-0.4, -0.2) is 63.5 Å². The molecule has 1 aliphatic carbocycles. The minimum Gasteiger partial charge on any atom is -0.374 e. The second-order valence-corrected chi connectivity index (χ2v) is 6.48. The molecule has 2 heterocycles. The van der Waals surface area contributed by atoms with E-state index in [1.807, 2.05) is 6.92 Å². The minimum atomic E-state index is -0.733. The predicted molar refractivity (Wildman–Crippen MR) is 81.1 cm³/mol. The lowest BCUT2D eigenvalue weighted by Crippen LogP contribution is -2.53. The van der Waals surface area contributed by atoms with Gasteiger partial charge in [-0.05, 0) is 25.7 Å². The summed E-state index contributed by atoms with van der Waals surface area (Å²) in [5, 5.41) is 16.3. The van der Waals surface area contributed by atoms with Gasteiger partial charge in [0, 0.05) is 13.1 Å². The van der Waals surface area contributed by atoms with Gasteiger partial charge in [0.2, 0.25) is 5.91 Å². The molecule has 0 spiro atoms. The quantitative estimate of drug-likeness (QED) is 0.779. The van der Waals surface area contributed by atoms with Gasteiger partial charge in [0.05, 0.1) is 31.9 Å². The summed E-state index contributed by atoms with van der Waals surface area (Å²) in [6.07, 6.45) is 5.17. The first kappa shape index (κ1) is 15.9. The number of ether oxygens (including phenoxy) is 1. The molecular weight excluding hydrogens is 296 g/mol. The Morgan fingerprint density at radius 2 is 2.39 bits per heavy atom. The Bertz CT molecular complexity index is 579. The lowest BCUT2D eigenvalue weighted by atomic mass is 9.98. The van der Waals surface area contributed by atoms with E-state index in [-0.39, 0.29) is 12.0 Å². The molecule has 2 aliphatic rings. The first-order valence-electron chi connectivity index (χ1n) is 7.98. The Labute approximate surface area is 135 Å². The van der Waals surface area contributed by atoms with Crippen molar-refractivity contribution in [3.8, 4) is 6.07 Å². The zero-order chi connectivity index (χ0) is 16.3. The van der Waals surface area contributed by atoms with Crippen LogP contribution >= 0.6 is 0 Å². The fraction of sp³-hybridized carbons (Fsp3) is 0.733. The number of carbonyl (C=O) groups excluding carboxylic acids is 1. The number of nitrogens with zero attached hydrogens (tertiary/aromatic N) is 5. The molecule has 8 nitrogen and oxygen atoms in total. The molecule has 1 saturated heterocycles. The van der Waals surface area contributed by atoms with Crippen molar-refractivity contribution in [2.45, 2.75) is 38.0 Å². The van der Waals surface area contributed by atoms with Crippen LogP contribution in [-0.2, 0) is 16.1 Å². The van der Waals surface area contributed by atoms with Crippen LogP contribution in [0.5, 0.6) is 0 Å². The van der Waals surface area contributed by atoms with E-state index in [1.54, 1.807) is 11.0 Å². The molecule has 2 atom stereocenters. The number of morpholine rings is 1. The van der Waals surface area contributed by atoms with E-state index in [1.165, 1.54) is 6.33 Å². The molecule has 124 valence electrons. The van der Waals surface area contributed by atoms with Gasteiger partial charge in [-0.15, -0.1) is 0 Å². The van der Waals surface area contributed by atoms with Gasteiger partial charge in [0.25, 0.3) is 0 Å². The second-order valence-electron chi connectivity index (χ2n) is 6.48. The van der Waals surface area contributed by atoms with Crippen molar-refractivity contribution in [2.24, 2.45) is 5.92 Å².